The van der Waals surface area contributed by atoms with E-state index in [1.165, 1.54) is 0 Å². The Hall–Kier alpha value is -1.81. The van der Waals surface area contributed by atoms with Crippen LogP contribution in [0.15, 0.2) is 48.5 Å². The summed E-state index contributed by atoms with van der Waals surface area (Å²) in [5, 5.41) is 11.1. The van der Waals surface area contributed by atoms with Gasteiger partial charge in [-0.3, -0.25) is 0 Å². The van der Waals surface area contributed by atoms with Crippen LogP contribution in [0.3, 0.4) is 0 Å². The predicted octanol–water partition coefficient (Wildman–Crippen LogP) is 4.83. The number of nitrogens with zero attached hydrogens (tertiary/aromatic N) is 1. The number of hydrogen-bond acceptors (Lipinski definition) is 3. The summed E-state index contributed by atoms with van der Waals surface area (Å²) in [6.07, 6.45) is 0. The number of hydrogen-bond donors (Lipinski definition) is 1. The highest BCUT2D eigenvalue weighted by molar-refractivity contribution is 6.42. The first-order chi connectivity index (χ1) is 10.2. The normalized spacial score (nSPS) is 10.8. The molecule has 1 N–H and O–H groups in total. The number of pyridine rings is 1. The van der Waals surface area contributed by atoms with Gasteiger partial charge >= 0.3 is 0 Å². The maximum atomic E-state index is 9.49. The molecule has 21 heavy (non-hydrogen) atoms. The van der Waals surface area contributed by atoms with Gasteiger partial charge in [-0.25, -0.2) is 4.98 Å². The molecule has 0 aliphatic heterocycles. The maximum Gasteiger partial charge on any atom is 0.220 e. The number of aliphatic hydroxyl groups excluding tert-OH is 1. The lowest BCUT2D eigenvalue weighted by molar-refractivity contribution is 0.282. The third kappa shape index (κ3) is 2.81. The molecule has 3 rings (SSSR count). The molecule has 0 amide bonds. The monoisotopic (exact) mass is 319 g/mol. The highest BCUT2D eigenvalue weighted by atomic mass is 35.5. The Balaban J connectivity index is 2.07. The van der Waals surface area contributed by atoms with Gasteiger partial charge < -0.3 is 9.84 Å². The number of halogens is 2. The quantitative estimate of drug-likeness (QED) is 0.752. The predicted molar refractivity (Wildman–Crippen MR) is 84.2 cm³/mol. The van der Waals surface area contributed by atoms with Crippen LogP contribution in [0.2, 0.25) is 10.0 Å². The minimum Gasteiger partial charge on any atom is -0.437 e. The number of benzene rings is 2. The average molecular weight is 320 g/mol. The second-order valence-corrected chi connectivity index (χ2v) is 5.23. The van der Waals surface area contributed by atoms with Crippen LogP contribution in [0, 0.1) is 0 Å². The summed E-state index contributed by atoms with van der Waals surface area (Å²) in [5.74, 6) is 0.790. The molecule has 0 aliphatic carbocycles. The second-order valence-electron chi connectivity index (χ2n) is 4.45. The van der Waals surface area contributed by atoms with Gasteiger partial charge in [0.05, 0.1) is 17.1 Å². The van der Waals surface area contributed by atoms with Gasteiger partial charge in [0, 0.05) is 11.5 Å². The molecule has 0 bridgehead atoms. The highest BCUT2D eigenvalue weighted by Crippen LogP contribution is 2.35. The van der Waals surface area contributed by atoms with E-state index in [9.17, 15) is 5.11 Å². The number of ether oxygens (including phenoxy) is 1. The van der Waals surface area contributed by atoms with Gasteiger partial charge in [-0.15, -0.1) is 0 Å². The summed E-state index contributed by atoms with van der Waals surface area (Å²) in [5.41, 5.74) is 1.49. The van der Waals surface area contributed by atoms with Gasteiger partial charge in [-0.1, -0.05) is 47.5 Å². The Labute approximate surface area is 131 Å². The van der Waals surface area contributed by atoms with Crippen molar-refractivity contribution in [3.8, 4) is 11.6 Å². The zero-order chi connectivity index (χ0) is 14.8. The molecule has 0 radical (unpaired) electrons. The van der Waals surface area contributed by atoms with E-state index in [4.69, 9.17) is 27.9 Å². The van der Waals surface area contributed by atoms with Gasteiger partial charge in [-0.05, 0) is 23.8 Å². The van der Waals surface area contributed by atoms with Crippen LogP contribution in [0.1, 0.15) is 5.56 Å². The van der Waals surface area contributed by atoms with E-state index in [0.29, 0.717) is 21.7 Å². The van der Waals surface area contributed by atoms with Crippen molar-refractivity contribution in [2.75, 3.05) is 0 Å². The smallest absolute Gasteiger partial charge is 0.220 e. The van der Waals surface area contributed by atoms with E-state index >= 15 is 0 Å². The summed E-state index contributed by atoms with van der Waals surface area (Å²) in [6, 6.07) is 14.4. The molecule has 0 saturated heterocycles. The first kappa shape index (κ1) is 14.1. The van der Waals surface area contributed by atoms with Crippen LogP contribution in [0.5, 0.6) is 11.6 Å². The van der Waals surface area contributed by atoms with Crippen LogP contribution >= 0.6 is 23.2 Å². The number of rotatable bonds is 3. The van der Waals surface area contributed by atoms with Crippen LogP contribution in [-0.2, 0) is 6.61 Å². The number of para-hydroxylation sites is 1. The first-order valence-corrected chi connectivity index (χ1v) is 7.06. The van der Waals surface area contributed by atoms with E-state index in [2.05, 4.69) is 4.98 Å². The van der Waals surface area contributed by atoms with E-state index in [1.807, 2.05) is 24.3 Å². The third-order valence-corrected chi connectivity index (χ3v) is 3.88. The standard InChI is InChI=1S/C16H11Cl2NO2/c17-12-5-3-7-14(16(12)18)21-15-8-10(9-20)11-4-1-2-6-13(11)19-15/h1-8,20H,9H2. The molecular weight excluding hydrogens is 309 g/mol. The van der Waals surface area contributed by atoms with Crippen LogP contribution < -0.4 is 4.74 Å². The lowest BCUT2D eigenvalue weighted by Gasteiger charge is -2.10. The maximum absolute atomic E-state index is 9.49. The minimum atomic E-state index is -0.0946. The Morgan fingerprint density at radius 1 is 1.05 bits per heavy atom. The molecule has 0 spiro atoms. The molecule has 3 nitrogen and oxygen atoms in total. The minimum absolute atomic E-state index is 0.0946. The molecule has 5 heteroatoms. The largest absolute Gasteiger partial charge is 0.437 e. The third-order valence-electron chi connectivity index (χ3n) is 3.08. The Bertz CT molecular complexity index is 805. The lowest BCUT2D eigenvalue weighted by atomic mass is 10.1. The van der Waals surface area contributed by atoms with E-state index in [1.54, 1.807) is 24.3 Å². The highest BCUT2D eigenvalue weighted by Gasteiger charge is 2.10. The Morgan fingerprint density at radius 3 is 2.67 bits per heavy atom. The summed E-state index contributed by atoms with van der Waals surface area (Å²) < 4.78 is 5.70. The van der Waals surface area contributed by atoms with Crippen LogP contribution in [0.4, 0.5) is 0 Å². The van der Waals surface area contributed by atoms with Gasteiger partial charge in [-0.2, -0.15) is 0 Å². The van der Waals surface area contributed by atoms with Gasteiger partial charge in [0.25, 0.3) is 0 Å². The fourth-order valence-electron chi connectivity index (χ4n) is 2.08. The zero-order valence-corrected chi connectivity index (χ0v) is 12.4. The van der Waals surface area contributed by atoms with Crippen molar-refractivity contribution in [2.45, 2.75) is 6.61 Å². The van der Waals surface area contributed by atoms with Gasteiger partial charge in [0.1, 0.15) is 10.8 Å². The molecule has 1 aromatic heterocycles. The summed E-state index contributed by atoms with van der Waals surface area (Å²) in [6.45, 7) is -0.0946. The molecule has 0 atom stereocenters. The Kier molecular flexibility index (Phi) is 3.97. The zero-order valence-electron chi connectivity index (χ0n) is 10.9. The van der Waals surface area contributed by atoms with E-state index in [-0.39, 0.29) is 6.61 Å². The van der Waals surface area contributed by atoms with Gasteiger partial charge in [0.2, 0.25) is 5.88 Å². The number of fused-ring (bicyclic) bond motifs is 1. The molecular formula is C16H11Cl2NO2. The van der Waals surface area contributed by atoms with E-state index < -0.39 is 0 Å². The summed E-state index contributed by atoms with van der Waals surface area (Å²) in [7, 11) is 0. The summed E-state index contributed by atoms with van der Waals surface area (Å²) >= 11 is 12.1. The lowest BCUT2D eigenvalue weighted by Crippen LogP contribution is -1.94. The molecule has 3 aromatic rings. The molecule has 0 unspecified atom stereocenters. The average Bonchev–Trinajstić information content (AvgIpc) is 2.51. The van der Waals surface area contributed by atoms with Crippen molar-refractivity contribution in [1.29, 1.82) is 0 Å². The van der Waals surface area contributed by atoms with Gasteiger partial charge in [0.15, 0.2) is 0 Å². The number of aromatic nitrogens is 1. The summed E-state index contributed by atoms with van der Waals surface area (Å²) in [4.78, 5) is 4.41. The molecule has 0 aliphatic rings. The topological polar surface area (TPSA) is 42.4 Å². The van der Waals surface area contributed by atoms with Crippen LogP contribution in [-0.4, -0.2) is 10.1 Å². The molecule has 106 valence electrons. The SMILES string of the molecule is OCc1cc(Oc2cccc(Cl)c2Cl)nc2ccccc12. The van der Waals surface area contributed by atoms with Crippen molar-refractivity contribution in [3.05, 3.63) is 64.1 Å². The van der Waals surface area contributed by atoms with Crippen molar-refractivity contribution in [3.63, 3.8) is 0 Å². The Morgan fingerprint density at radius 2 is 1.86 bits per heavy atom. The molecule has 2 aromatic carbocycles. The second kappa shape index (κ2) is 5.90. The first-order valence-electron chi connectivity index (χ1n) is 6.30. The fraction of sp³-hybridized carbons (Fsp3) is 0.0625. The van der Waals surface area contributed by atoms with Crippen molar-refractivity contribution < 1.29 is 9.84 Å². The fourth-order valence-corrected chi connectivity index (χ4v) is 2.41. The van der Waals surface area contributed by atoms with Crippen LogP contribution in [0.25, 0.3) is 10.9 Å². The van der Waals surface area contributed by atoms with Crippen molar-refractivity contribution >= 4 is 34.1 Å². The molecule has 0 fully saturated rings. The molecule has 1 heterocycles. The van der Waals surface area contributed by atoms with Crippen molar-refractivity contribution in [2.24, 2.45) is 0 Å². The van der Waals surface area contributed by atoms with Crippen molar-refractivity contribution in [1.82, 2.24) is 4.98 Å². The van der Waals surface area contributed by atoms with E-state index in [0.717, 1.165) is 16.5 Å². The molecule has 0 saturated carbocycles. The number of aliphatic hydroxyl groups is 1.